The fraction of sp³-hybridized carbons (Fsp3) is 0.706. The molecule has 3 N–H and O–H groups in total. The van der Waals surface area contributed by atoms with Crippen LogP contribution in [0, 0.1) is 5.92 Å². The quantitative estimate of drug-likeness (QED) is 0.688. The maximum atomic E-state index is 12.0. The molecule has 1 aliphatic heterocycles. The molecule has 0 aliphatic carbocycles. The van der Waals surface area contributed by atoms with E-state index in [1.165, 1.54) is 6.26 Å². The fourth-order valence-electron chi connectivity index (χ4n) is 2.97. The summed E-state index contributed by atoms with van der Waals surface area (Å²) in [6, 6.07) is 3.45. The van der Waals surface area contributed by atoms with Crippen LogP contribution in [0.4, 0.5) is 4.79 Å². The van der Waals surface area contributed by atoms with Gasteiger partial charge in [0.15, 0.2) is 0 Å². The summed E-state index contributed by atoms with van der Waals surface area (Å²) < 4.78 is 5.11. The predicted molar refractivity (Wildman–Crippen MR) is 92.8 cm³/mol. The summed E-state index contributed by atoms with van der Waals surface area (Å²) in [6.45, 7) is 9.27. The zero-order valence-electron chi connectivity index (χ0n) is 14.9. The summed E-state index contributed by atoms with van der Waals surface area (Å²) in [5.41, 5.74) is 0. The summed E-state index contributed by atoms with van der Waals surface area (Å²) in [6.07, 6.45) is 0.673. The first-order chi connectivity index (χ1) is 11.5. The molecule has 0 spiro atoms. The van der Waals surface area contributed by atoms with Crippen LogP contribution in [0.25, 0.3) is 0 Å². The number of furan rings is 1. The van der Waals surface area contributed by atoms with Crippen molar-refractivity contribution >= 4 is 6.03 Å². The first kappa shape index (κ1) is 18.8. The minimum absolute atomic E-state index is 0.125. The van der Waals surface area contributed by atoms with E-state index < -0.39 is 6.10 Å². The van der Waals surface area contributed by atoms with Crippen molar-refractivity contribution in [1.29, 1.82) is 0 Å². The number of piperazine rings is 1. The molecule has 0 bridgehead atoms. The van der Waals surface area contributed by atoms with Gasteiger partial charge in [-0.2, -0.15) is 0 Å². The number of aliphatic hydroxyl groups is 1. The van der Waals surface area contributed by atoms with Crippen LogP contribution in [0.15, 0.2) is 22.8 Å². The molecule has 136 valence electrons. The van der Waals surface area contributed by atoms with Gasteiger partial charge in [-0.05, 0) is 25.1 Å². The van der Waals surface area contributed by atoms with Gasteiger partial charge in [0, 0.05) is 38.8 Å². The van der Waals surface area contributed by atoms with E-state index >= 15 is 0 Å². The molecule has 7 nitrogen and oxygen atoms in total. The van der Waals surface area contributed by atoms with Gasteiger partial charge < -0.3 is 25.1 Å². The van der Waals surface area contributed by atoms with Gasteiger partial charge in [-0.15, -0.1) is 0 Å². The lowest BCUT2D eigenvalue weighted by molar-refractivity contribution is 0.0885. The third-order valence-corrected chi connectivity index (χ3v) is 4.58. The van der Waals surface area contributed by atoms with Crippen molar-refractivity contribution in [3.63, 3.8) is 0 Å². The van der Waals surface area contributed by atoms with Crippen LogP contribution in [-0.4, -0.2) is 73.3 Å². The largest absolute Gasteiger partial charge is 0.467 e. The van der Waals surface area contributed by atoms with Crippen molar-refractivity contribution in [3.8, 4) is 0 Å². The van der Waals surface area contributed by atoms with Gasteiger partial charge in [0.05, 0.1) is 12.8 Å². The van der Waals surface area contributed by atoms with E-state index in [2.05, 4.69) is 41.3 Å². The third kappa shape index (κ3) is 5.51. The molecule has 7 heteroatoms. The average molecular weight is 338 g/mol. The zero-order chi connectivity index (χ0) is 17.5. The van der Waals surface area contributed by atoms with Crippen LogP contribution >= 0.6 is 0 Å². The van der Waals surface area contributed by atoms with E-state index in [-0.39, 0.29) is 12.6 Å². The van der Waals surface area contributed by atoms with E-state index in [0.29, 0.717) is 24.3 Å². The van der Waals surface area contributed by atoms with Gasteiger partial charge in [-0.1, -0.05) is 13.8 Å². The lowest BCUT2D eigenvalue weighted by Gasteiger charge is -2.39. The Bertz CT molecular complexity index is 484. The molecule has 0 aromatic carbocycles. The molecular formula is C17H30N4O3. The Morgan fingerprint density at radius 2 is 1.92 bits per heavy atom. The number of carbonyl (C=O) groups excluding carboxylic acids is 1. The van der Waals surface area contributed by atoms with Crippen LogP contribution in [0.2, 0.25) is 0 Å². The molecular weight excluding hydrogens is 308 g/mol. The number of hydrogen-bond acceptors (Lipinski definition) is 5. The van der Waals surface area contributed by atoms with E-state index in [4.69, 9.17) is 4.42 Å². The fourth-order valence-corrected chi connectivity index (χ4v) is 2.97. The Labute approximate surface area is 144 Å². The Morgan fingerprint density at radius 1 is 1.25 bits per heavy atom. The number of rotatable bonds is 7. The Hall–Kier alpha value is -1.57. The maximum Gasteiger partial charge on any atom is 0.314 e. The van der Waals surface area contributed by atoms with Gasteiger partial charge in [-0.25, -0.2) is 4.79 Å². The standard InChI is InChI=1S/C17H30N4O3/c1-13(2)14(21-8-6-20(3)7-9-21)11-18-17(23)19-12-15(22)16-5-4-10-24-16/h4-5,10,13-15,22H,6-9,11-12H2,1-3H3,(H2,18,19,23). The van der Waals surface area contributed by atoms with Crippen molar-refractivity contribution in [2.24, 2.45) is 5.92 Å². The summed E-state index contributed by atoms with van der Waals surface area (Å²) in [5, 5.41) is 15.5. The lowest BCUT2D eigenvalue weighted by atomic mass is 10.0. The van der Waals surface area contributed by atoms with Gasteiger partial charge in [0.2, 0.25) is 0 Å². The average Bonchev–Trinajstić information content (AvgIpc) is 3.08. The number of nitrogens with zero attached hydrogens (tertiary/aromatic N) is 2. The highest BCUT2D eigenvalue weighted by molar-refractivity contribution is 5.73. The monoisotopic (exact) mass is 338 g/mol. The second-order valence-corrected chi connectivity index (χ2v) is 6.77. The highest BCUT2D eigenvalue weighted by Crippen LogP contribution is 2.13. The lowest BCUT2D eigenvalue weighted by Crippen LogP contribution is -2.55. The van der Waals surface area contributed by atoms with E-state index in [1.807, 2.05) is 0 Å². The van der Waals surface area contributed by atoms with Gasteiger partial charge in [0.1, 0.15) is 11.9 Å². The second kappa shape index (κ2) is 9.05. The van der Waals surface area contributed by atoms with Crippen LogP contribution in [-0.2, 0) is 0 Å². The first-order valence-corrected chi connectivity index (χ1v) is 8.63. The van der Waals surface area contributed by atoms with Crippen molar-refractivity contribution in [2.75, 3.05) is 46.3 Å². The van der Waals surface area contributed by atoms with E-state index in [9.17, 15) is 9.90 Å². The van der Waals surface area contributed by atoms with Crippen LogP contribution in [0.5, 0.6) is 0 Å². The van der Waals surface area contributed by atoms with Crippen LogP contribution in [0.3, 0.4) is 0 Å². The van der Waals surface area contributed by atoms with Crippen molar-refractivity contribution < 1.29 is 14.3 Å². The van der Waals surface area contributed by atoms with E-state index in [1.54, 1.807) is 12.1 Å². The first-order valence-electron chi connectivity index (χ1n) is 8.63. The van der Waals surface area contributed by atoms with Crippen LogP contribution < -0.4 is 10.6 Å². The molecule has 1 aliphatic rings. The normalized spacial score (nSPS) is 19.2. The molecule has 2 unspecified atom stereocenters. The summed E-state index contributed by atoms with van der Waals surface area (Å²) >= 11 is 0. The summed E-state index contributed by atoms with van der Waals surface area (Å²) in [4.78, 5) is 16.8. The number of hydrogen-bond donors (Lipinski definition) is 3. The minimum Gasteiger partial charge on any atom is -0.467 e. The smallest absolute Gasteiger partial charge is 0.314 e. The highest BCUT2D eigenvalue weighted by atomic mass is 16.4. The Kier molecular flexibility index (Phi) is 7.08. The number of amides is 2. The molecule has 0 radical (unpaired) electrons. The SMILES string of the molecule is CC(C)C(CNC(=O)NCC(O)c1ccco1)N1CCN(C)CC1. The predicted octanol–water partition coefficient (Wildman–Crippen LogP) is 0.884. The number of nitrogens with one attached hydrogen (secondary N) is 2. The molecule has 2 atom stereocenters. The second-order valence-electron chi connectivity index (χ2n) is 6.77. The van der Waals surface area contributed by atoms with Crippen LogP contribution in [0.1, 0.15) is 25.7 Å². The van der Waals surface area contributed by atoms with Gasteiger partial charge in [0.25, 0.3) is 0 Å². The molecule has 1 fully saturated rings. The number of likely N-dealkylation sites (N-methyl/N-ethyl adjacent to an activating group) is 1. The number of aliphatic hydroxyl groups excluding tert-OH is 1. The maximum absolute atomic E-state index is 12.0. The molecule has 1 aromatic rings. The summed E-state index contributed by atoms with van der Waals surface area (Å²) in [7, 11) is 2.14. The summed E-state index contributed by atoms with van der Waals surface area (Å²) in [5.74, 6) is 0.912. The van der Waals surface area contributed by atoms with Crippen molar-refractivity contribution in [2.45, 2.75) is 26.0 Å². The van der Waals surface area contributed by atoms with Crippen molar-refractivity contribution in [3.05, 3.63) is 24.2 Å². The Morgan fingerprint density at radius 3 is 2.50 bits per heavy atom. The van der Waals surface area contributed by atoms with Crippen molar-refractivity contribution in [1.82, 2.24) is 20.4 Å². The molecule has 1 aromatic heterocycles. The third-order valence-electron chi connectivity index (χ3n) is 4.58. The molecule has 0 saturated carbocycles. The zero-order valence-corrected chi connectivity index (χ0v) is 14.9. The topological polar surface area (TPSA) is 81.0 Å². The minimum atomic E-state index is -0.829. The Balaban J connectivity index is 1.74. The molecule has 2 rings (SSSR count). The molecule has 2 heterocycles. The molecule has 24 heavy (non-hydrogen) atoms. The van der Waals surface area contributed by atoms with E-state index in [0.717, 1.165) is 26.2 Å². The molecule has 1 saturated heterocycles. The van der Waals surface area contributed by atoms with Gasteiger partial charge in [-0.3, -0.25) is 4.90 Å². The number of urea groups is 1. The number of carbonyl (C=O) groups is 1. The van der Waals surface area contributed by atoms with Gasteiger partial charge >= 0.3 is 6.03 Å². The highest BCUT2D eigenvalue weighted by Gasteiger charge is 2.25. The molecule has 2 amide bonds.